The van der Waals surface area contributed by atoms with Crippen molar-refractivity contribution >= 4 is 0 Å². The van der Waals surface area contributed by atoms with Crippen LogP contribution in [0.15, 0.2) is 24.3 Å². The Morgan fingerprint density at radius 1 is 1.08 bits per heavy atom. The normalized spacial score (nSPS) is 24.7. The lowest BCUT2D eigenvalue weighted by molar-refractivity contribution is 0.101. The van der Waals surface area contributed by atoms with Gasteiger partial charge in [-0.3, -0.25) is 4.90 Å². The van der Waals surface area contributed by atoms with Crippen molar-refractivity contribution in [2.45, 2.75) is 71.3 Å². The van der Waals surface area contributed by atoms with Crippen LogP contribution in [0, 0.1) is 11.8 Å². The third-order valence-corrected chi connectivity index (χ3v) is 6.00. The van der Waals surface area contributed by atoms with Gasteiger partial charge in [0.1, 0.15) is 12.4 Å². The molecule has 1 aliphatic heterocycles. The minimum atomic E-state index is 0.510. The van der Waals surface area contributed by atoms with E-state index in [0.29, 0.717) is 6.04 Å². The summed E-state index contributed by atoms with van der Waals surface area (Å²) < 4.78 is 6.29. The zero-order valence-corrected chi connectivity index (χ0v) is 15.7. The molecule has 134 valence electrons. The minimum absolute atomic E-state index is 0.510. The predicted octanol–water partition coefficient (Wildman–Crippen LogP) is 5.31. The van der Waals surface area contributed by atoms with Gasteiger partial charge in [-0.1, -0.05) is 57.2 Å². The van der Waals surface area contributed by atoms with Crippen LogP contribution in [0.25, 0.3) is 0 Å². The molecule has 0 bridgehead atoms. The molecule has 2 nitrogen and oxygen atoms in total. The van der Waals surface area contributed by atoms with Gasteiger partial charge < -0.3 is 4.74 Å². The Morgan fingerprint density at radius 3 is 2.67 bits per heavy atom. The Bertz CT molecular complexity index is 494. The van der Waals surface area contributed by atoms with Gasteiger partial charge in [-0.05, 0) is 56.2 Å². The molecule has 0 aromatic heterocycles. The van der Waals surface area contributed by atoms with Crippen molar-refractivity contribution in [3.63, 3.8) is 0 Å². The highest BCUT2D eigenvalue weighted by atomic mass is 16.5. The topological polar surface area (TPSA) is 12.5 Å². The van der Waals surface area contributed by atoms with Gasteiger partial charge >= 0.3 is 0 Å². The first-order chi connectivity index (χ1) is 11.7. The van der Waals surface area contributed by atoms with Crippen LogP contribution < -0.4 is 4.74 Å². The molecule has 1 aliphatic carbocycles. The van der Waals surface area contributed by atoms with E-state index in [4.69, 9.17) is 4.74 Å². The number of hydrogen-bond acceptors (Lipinski definition) is 2. The van der Waals surface area contributed by atoms with Crippen molar-refractivity contribution in [2.24, 2.45) is 11.8 Å². The highest BCUT2D eigenvalue weighted by molar-refractivity contribution is 5.33. The molecular formula is C22H35NO. The quantitative estimate of drug-likeness (QED) is 0.701. The van der Waals surface area contributed by atoms with Gasteiger partial charge in [-0.25, -0.2) is 0 Å². The number of hydrogen-bond donors (Lipinski definition) is 0. The van der Waals surface area contributed by atoms with E-state index in [1.807, 2.05) is 0 Å². The largest absolute Gasteiger partial charge is 0.492 e. The predicted molar refractivity (Wildman–Crippen MR) is 102 cm³/mol. The lowest BCUT2D eigenvalue weighted by Gasteiger charge is -2.35. The molecule has 2 fully saturated rings. The van der Waals surface area contributed by atoms with Gasteiger partial charge in [0.15, 0.2) is 0 Å². The van der Waals surface area contributed by atoms with Crippen molar-refractivity contribution in [1.29, 1.82) is 0 Å². The van der Waals surface area contributed by atoms with Gasteiger partial charge in [0, 0.05) is 12.6 Å². The first kappa shape index (κ1) is 17.8. The fraction of sp³-hybridized carbons (Fsp3) is 0.727. The smallest absolute Gasteiger partial charge is 0.122 e. The summed E-state index contributed by atoms with van der Waals surface area (Å²) in [4.78, 5) is 2.61. The monoisotopic (exact) mass is 329 g/mol. The third-order valence-electron chi connectivity index (χ3n) is 6.00. The zero-order chi connectivity index (χ0) is 16.8. The van der Waals surface area contributed by atoms with Crippen LogP contribution in [0.2, 0.25) is 0 Å². The van der Waals surface area contributed by atoms with Gasteiger partial charge in [-0.15, -0.1) is 0 Å². The highest BCUT2D eigenvalue weighted by Crippen LogP contribution is 2.30. The summed E-state index contributed by atoms with van der Waals surface area (Å²) in [5, 5.41) is 0. The molecular weight excluding hydrogens is 294 g/mol. The molecule has 0 amide bonds. The van der Waals surface area contributed by atoms with Gasteiger partial charge in [0.05, 0.1) is 0 Å². The number of para-hydroxylation sites is 1. The van der Waals surface area contributed by atoms with Crippen molar-refractivity contribution in [3.8, 4) is 5.75 Å². The Morgan fingerprint density at radius 2 is 1.88 bits per heavy atom. The molecule has 0 radical (unpaired) electrons. The number of rotatable bonds is 6. The maximum absolute atomic E-state index is 6.29. The molecule has 0 spiro atoms. The maximum Gasteiger partial charge on any atom is 0.122 e. The molecule has 1 aromatic carbocycles. The Labute approximate surface area is 148 Å². The molecule has 24 heavy (non-hydrogen) atoms. The lowest BCUT2D eigenvalue weighted by Crippen LogP contribution is -2.43. The van der Waals surface area contributed by atoms with Crippen molar-refractivity contribution in [1.82, 2.24) is 4.90 Å². The fourth-order valence-corrected chi connectivity index (χ4v) is 4.46. The molecule has 2 heteroatoms. The van der Waals surface area contributed by atoms with E-state index in [0.717, 1.165) is 24.2 Å². The second-order valence-corrected chi connectivity index (χ2v) is 8.22. The van der Waals surface area contributed by atoms with Crippen LogP contribution in [0.5, 0.6) is 5.75 Å². The Kier molecular flexibility index (Phi) is 6.59. The average molecular weight is 330 g/mol. The molecule has 1 saturated heterocycles. The second kappa shape index (κ2) is 8.89. The molecule has 2 aliphatic rings. The van der Waals surface area contributed by atoms with Crippen molar-refractivity contribution in [2.75, 3.05) is 19.7 Å². The number of ether oxygens (including phenoxy) is 1. The zero-order valence-electron chi connectivity index (χ0n) is 15.7. The SMILES string of the molecule is CC1CCCN(C(C)COc2ccccc2CC2CCCCC2)C1. The summed E-state index contributed by atoms with van der Waals surface area (Å²) in [7, 11) is 0. The molecule has 1 aromatic rings. The Balaban J connectivity index is 1.54. The van der Waals surface area contributed by atoms with Crippen LogP contribution in [-0.4, -0.2) is 30.6 Å². The van der Waals surface area contributed by atoms with Crippen LogP contribution in [-0.2, 0) is 6.42 Å². The number of benzene rings is 1. The molecule has 1 saturated carbocycles. The van der Waals surface area contributed by atoms with Crippen LogP contribution in [0.1, 0.15) is 64.4 Å². The van der Waals surface area contributed by atoms with E-state index in [2.05, 4.69) is 43.0 Å². The number of nitrogens with zero attached hydrogens (tertiary/aromatic N) is 1. The summed E-state index contributed by atoms with van der Waals surface area (Å²) in [6, 6.07) is 9.24. The van der Waals surface area contributed by atoms with Crippen LogP contribution in [0.4, 0.5) is 0 Å². The van der Waals surface area contributed by atoms with Gasteiger partial charge in [0.2, 0.25) is 0 Å². The van der Waals surface area contributed by atoms with Gasteiger partial charge in [0.25, 0.3) is 0 Å². The van der Waals surface area contributed by atoms with Crippen molar-refractivity contribution < 1.29 is 4.74 Å². The molecule has 1 heterocycles. The van der Waals surface area contributed by atoms with E-state index in [-0.39, 0.29) is 0 Å². The van der Waals surface area contributed by atoms with Crippen LogP contribution >= 0.6 is 0 Å². The summed E-state index contributed by atoms with van der Waals surface area (Å²) in [5.41, 5.74) is 1.42. The fourth-order valence-electron chi connectivity index (χ4n) is 4.46. The lowest BCUT2D eigenvalue weighted by atomic mass is 9.85. The second-order valence-electron chi connectivity index (χ2n) is 8.22. The van der Waals surface area contributed by atoms with Crippen molar-refractivity contribution in [3.05, 3.63) is 29.8 Å². The standard InChI is InChI=1S/C22H35NO/c1-18-9-8-14-23(16-18)19(2)17-24-22-13-7-6-12-21(22)15-20-10-4-3-5-11-20/h6-7,12-13,18-20H,3-5,8-11,14-17H2,1-2H3. The van der Waals surface area contributed by atoms with E-state index in [1.165, 1.54) is 70.0 Å². The summed E-state index contributed by atoms with van der Waals surface area (Å²) in [5.74, 6) is 2.82. The highest BCUT2D eigenvalue weighted by Gasteiger charge is 2.22. The van der Waals surface area contributed by atoms with E-state index < -0.39 is 0 Å². The van der Waals surface area contributed by atoms with E-state index in [9.17, 15) is 0 Å². The number of likely N-dealkylation sites (tertiary alicyclic amines) is 1. The minimum Gasteiger partial charge on any atom is -0.492 e. The maximum atomic E-state index is 6.29. The van der Waals surface area contributed by atoms with Crippen LogP contribution in [0.3, 0.4) is 0 Å². The van der Waals surface area contributed by atoms with Gasteiger partial charge in [-0.2, -0.15) is 0 Å². The van der Waals surface area contributed by atoms with E-state index in [1.54, 1.807) is 0 Å². The summed E-state index contributed by atoms with van der Waals surface area (Å²) in [6.45, 7) is 7.97. The van der Waals surface area contributed by atoms with E-state index >= 15 is 0 Å². The molecule has 0 N–H and O–H groups in total. The number of piperidine rings is 1. The third kappa shape index (κ3) is 4.99. The molecule has 2 atom stereocenters. The average Bonchev–Trinajstić information content (AvgIpc) is 2.61. The molecule has 2 unspecified atom stereocenters. The first-order valence-corrected chi connectivity index (χ1v) is 10.2. The first-order valence-electron chi connectivity index (χ1n) is 10.2. The molecule has 3 rings (SSSR count). The summed E-state index contributed by atoms with van der Waals surface area (Å²) >= 11 is 0. The summed E-state index contributed by atoms with van der Waals surface area (Å²) in [6.07, 6.45) is 11.0. The Hall–Kier alpha value is -1.02.